The van der Waals surface area contributed by atoms with E-state index in [0.717, 1.165) is 5.69 Å². The molecule has 8 heteroatoms. The highest BCUT2D eigenvalue weighted by Gasteiger charge is 2.16. The minimum atomic E-state index is -0.273. The number of pyridine rings is 2. The van der Waals surface area contributed by atoms with E-state index in [1.807, 2.05) is 32.3 Å². The zero-order valence-electron chi connectivity index (χ0n) is 12.6. The van der Waals surface area contributed by atoms with Gasteiger partial charge in [-0.05, 0) is 24.3 Å². The fraction of sp³-hybridized carbons (Fsp3) is 0.133. The maximum Gasteiger partial charge on any atom is 0.261 e. The fourth-order valence-electron chi connectivity index (χ4n) is 1.96. The third-order valence-corrected chi connectivity index (χ3v) is 3.85. The molecule has 23 heavy (non-hydrogen) atoms. The summed E-state index contributed by atoms with van der Waals surface area (Å²) in [5, 5.41) is 11.9. The molecule has 3 aromatic rings. The minimum absolute atomic E-state index is 0.273. The van der Waals surface area contributed by atoms with Crippen LogP contribution in [0, 0.1) is 0 Å². The van der Waals surface area contributed by atoms with Crippen LogP contribution in [0.4, 0.5) is 10.9 Å². The van der Waals surface area contributed by atoms with Gasteiger partial charge in [-0.15, -0.1) is 10.2 Å². The lowest BCUT2D eigenvalue weighted by Gasteiger charge is -2.14. The second-order valence-corrected chi connectivity index (χ2v) is 5.83. The van der Waals surface area contributed by atoms with E-state index in [1.54, 1.807) is 29.4 Å². The SMILES string of the molecule is CN(C)c1ncccc1C(=O)Nc1nnc(-c2ccccn2)s1. The highest BCUT2D eigenvalue weighted by Crippen LogP contribution is 2.25. The predicted molar refractivity (Wildman–Crippen MR) is 89.7 cm³/mol. The zero-order chi connectivity index (χ0) is 16.2. The molecule has 3 rings (SSSR count). The number of anilines is 2. The first kappa shape index (κ1) is 15.0. The molecule has 0 saturated carbocycles. The lowest BCUT2D eigenvalue weighted by Crippen LogP contribution is -2.19. The number of amides is 1. The average molecular weight is 326 g/mol. The minimum Gasteiger partial charge on any atom is -0.362 e. The molecule has 1 amide bonds. The maximum absolute atomic E-state index is 12.4. The Labute approximate surface area is 137 Å². The standard InChI is InChI=1S/C15H14N6OS/c1-21(2)12-10(6-5-9-17-12)13(22)18-15-20-19-14(23-15)11-7-3-4-8-16-11/h3-9H,1-2H3,(H,18,20,22). The fourth-order valence-corrected chi connectivity index (χ4v) is 2.68. The summed E-state index contributed by atoms with van der Waals surface area (Å²) in [5.41, 5.74) is 1.20. The first-order valence-electron chi connectivity index (χ1n) is 6.84. The quantitative estimate of drug-likeness (QED) is 0.792. The van der Waals surface area contributed by atoms with Crippen molar-refractivity contribution >= 4 is 28.2 Å². The second-order valence-electron chi connectivity index (χ2n) is 4.85. The summed E-state index contributed by atoms with van der Waals surface area (Å²) >= 11 is 1.27. The molecule has 3 aromatic heterocycles. The zero-order valence-corrected chi connectivity index (χ0v) is 13.4. The van der Waals surface area contributed by atoms with Gasteiger partial charge in [-0.25, -0.2) is 4.98 Å². The Bertz CT molecular complexity index is 818. The molecule has 0 unspecified atom stereocenters. The molecule has 0 bridgehead atoms. The number of hydrogen-bond acceptors (Lipinski definition) is 7. The van der Waals surface area contributed by atoms with Crippen LogP contribution in [0.5, 0.6) is 0 Å². The summed E-state index contributed by atoms with van der Waals surface area (Å²) in [6.45, 7) is 0. The smallest absolute Gasteiger partial charge is 0.261 e. The highest BCUT2D eigenvalue weighted by atomic mass is 32.1. The van der Waals surface area contributed by atoms with E-state index >= 15 is 0 Å². The van der Waals surface area contributed by atoms with Gasteiger partial charge in [-0.1, -0.05) is 17.4 Å². The Morgan fingerprint density at radius 3 is 2.65 bits per heavy atom. The van der Waals surface area contributed by atoms with Gasteiger partial charge < -0.3 is 4.90 Å². The van der Waals surface area contributed by atoms with Gasteiger partial charge in [-0.3, -0.25) is 15.1 Å². The van der Waals surface area contributed by atoms with Crippen molar-refractivity contribution < 1.29 is 4.79 Å². The average Bonchev–Trinajstić information content (AvgIpc) is 3.04. The molecule has 0 atom stereocenters. The molecule has 0 spiro atoms. The number of nitrogens with one attached hydrogen (secondary N) is 1. The molecule has 0 fully saturated rings. The van der Waals surface area contributed by atoms with Gasteiger partial charge in [0.25, 0.3) is 5.91 Å². The third kappa shape index (κ3) is 3.32. The van der Waals surface area contributed by atoms with Crippen LogP contribution < -0.4 is 10.2 Å². The number of carbonyl (C=O) groups is 1. The van der Waals surface area contributed by atoms with E-state index < -0.39 is 0 Å². The molecule has 0 saturated heterocycles. The van der Waals surface area contributed by atoms with Crippen molar-refractivity contribution in [1.29, 1.82) is 0 Å². The van der Waals surface area contributed by atoms with E-state index in [0.29, 0.717) is 21.5 Å². The Hall–Kier alpha value is -2.87. The molecular formula is C15H14N6OS. The first-order chi connectivity index (χ1) is 11.1. The van der Waals surface area contributed by atoms with Gasteiger partial charge in [0.15, 0.2) is 5.01 Å². The Morgan fingerprint density at radius 2 is 1.91 bits per heavy atom. The van der Waals surface area contributed by atoms with Gasteiger partial charge in [0.2, 0.25) is 5.13 Å². The van der Waals surface area contributed by atoms with E-state index in [4.69, 9.17) is 0 Å². The molecule has 116 valence electrons. The lowest BCUT2D eigenvalue weighted by molar-refractivity contribution is 0.102. The van der Waals surface area contributed by atoms with Crippen molar-refractivity contribution in [2.24, 2.45) is 0 Å². The van der Waals surface area contributed by atoms with Crippen LogP contribution in [0.3, 0.4) is 0 Å². The molecule has 0 aliphatic carbocycles. The van der Waals surface area contributed by atoms with Crippen LogP contribution in [0.2, 0.25) is 0 Å². The summed E-state index contributed by atoms with van der Waals surface area (Å²) in [6.07, 6.45) is 3.34. The van der Waals surface area contributed by atoms with Crippen molar-refractivity contribution in [3.8, 4) is 10.7 Å². The summed E-state index contributed by atoms with van der Waals surface area (Å²) in [4.78, 5) is 22.6. The molecule has 7 nitrogen and oxygen atoms in total. The van der Waals surface area contributed by atoms with Crippen LogP contribution >= 0.6 is 11.3 Å². The molecular weight excluding hydrogens is 312 g/mol. The lowest BCUT2D eigenvalue weighted by atomic mass is 10.2. The van der Waals surface area contributed by atoms with Crippen LogP contribution in [-0.2, 0) is 0 Å². The monoisotopic (exact) mass is 326 g/mol. The van der Waals surface area contributed by atoms with E-state index in [2.05, 4.69) is 25.5 Å². The number of rotatable bonds is 4. The maximum atomic E-state index is 12.4. The summed E-state index contributed by atoms with van der Waals surface area (Å²) in [5.74, 6) is 0.324. The third-order valence-electron chi connectivity index (χ3n) is 2.98. The van der Waals surface area contributed by atoms with E-state index in [1.165, 1.54) is 11.3 Å². The van der Waals surface area contributed by atoms with E-state index in [-0.39, 0.29) is 5.91 Å². The summed E-state index contributed by atoms with van der Waals surface area (Å²) < 4.78 is 0. The summed E-state index contributed by atoms with van der Waals surface area (Å²) in [6, 6.07) is 9.00. The topological polar surface area (TPSA) is 83.9 Å². The van der Waals surface area contributed by atoms with Gasteiger partial charge in [0.1, 0.15) is 11.5 Å². The number of aromatic nitrogens is 4. The Morgan fingerprint density at radius 1 is 1.09 bits per heavy atom. The van der Waals surface area contributed by atoms with Crippen molar-refractivity contribution in [3.05, 3.63) is 48.3 Å². The second kappa shape index (κ2) is 6.49. The van der Waals surface area contributed by atoms with Gasteiger partial charge in [-0.2, -0.15) is 0 Å². The normalized spacial score (nSPS) is 10.3. The van der Waals surface area contributed by atoms with Crippen LogP contribution in [0.1, 0.15) is 10.4 Å². The van der Waals surface area contributed by atoms with Gasteiger partial charge in [0.05, 0.1) is 5.56 Å². The number of nitrogens with zero attached hydrogens (tertiary/aromatic N) is 5. The Kier molecular flexibility index (Phi) is 4.24. The molecule has 0 aliphatic rings. The molecule has 0 radical (unpaired) electrons. The van der Waals surface area contributed by atoms with Crippen molar-refractivity contribution in [1.82, 2.24) is 20.2 Å². The molecule has 0 aliphatic heterocycles. The van der Waals surface area contributed by atoms with Crippen LogP contribution in [-0.4, -0.2) is 40.2 Å². The highest BCUT2D eigenvalue weighted by molar-refractivity contribution is 7.18. The molecule has 0 aromatic carbocycles. The molecule has 3 heterocycles. The van der Waals surface area contributed by atoms with Crippen molar-refractivity contribution in [2.45, 2.75) is 0 Å². The van der Waals surface area contributed by atoms with E-state index in [9.17, 15) is 4.79 Å². The number of hydrogen-bond donors (Lipinski definition) is 1. The van der Waals surface area contributed by atoms with Gasteiger partial charge in [0, 0.05) is 26.5 Å². The summed E-state index contributed by atoms with van der Waals surface area (Å²) in [7, 11) is 3.67. The van der Waals surface area contributed by atoms with Crippen molar-refractivity contribution in [3.63, 3.8) is 0 Å². The van der Waals surface area contributed by atoms with Crippen LogP contribution in [0.25, 0.3) is 10.7 Å². The Balaban J connectivity index is 1.81. The number of carbonyl (C=O) groups excluding carboxylic acids is 1. The van der Waals surface area contributed by atoms with Crippen molar-refractivity contribution in [2.75, 3.05) is 24.3 Å². The largest absolute Gasteiger partial charge is 0.362 e. The van der Waals surface area contributed by atoms with Gasteiger partial charge >= 0.3 is 0 Å². The van der Waals surface area contributed by atoms with Crippen LogP contribution in [0.15, 0.2) is 42.7 Å². The first-order valence-corrected chi connectivity index (χ1v) is 7.65. The predicted octanol–water partition coefficient (Wildman–Crippen LogP) is 2.31. The molecule has 1 N–H and O–H groups in total.